The monoisotopic (exact) mass is 176 g/mol. The zero-order valence-corrected chi connectivity index (χ0v) is 7.26. The summed E-state index contributed by atoms with van der Waals surface area (Å²) in [5, 5.41) is 9.37. The number of hydrogen-bond acceptors (Lipinski definition) is 2. The summed E-state index contributed by atoms with van der Waals surface area (Å²) in [6, 6.07) is 9.94. The van der Waals surface area contributed by atoms with Gasteiger partial charge in [-0.2, -0.15) is 0 Å². The van der Waals surface area contributed by atoms with Gasteiger partial charge in [0, 0.05) is 6.42 Å². The number of rotatable bonds is 1. The van der Waals surface area contributed by atoms with Crippen molar-refractivity contribution in [2.24, 2.45) is 0 Å². The minimum Gasteiger partial charge on any atom is -0.493 e. The van der Waals surface area contributed by atoms with Crippen molar-refractivity contribution in [3.8, 4) is 0 Å². The summed E-state index contributed by atoms with van der Waals surface area (Å²) >= 11 is 0. The molecule has 2 heteroatoms. The van der Waals surface area contributed by atoms with Crippen molar-refractivity contribution in [1.29, 1.82) is 0 Å². The molecule has 68 valence electrons. The maximum Gasteiger partial charge on any atom is 0.126 e. The predicted octanol–water partition coefficient (Wildman–Crippen LogP) is 2.02. The molecule has 1 aromatic rings. The van der Waals surface area contributed by atoms with E-state index in [1.165, 1.54) is 0 Å². The molecule has 0 saturated carbocycles. The van der Waals surface area contributed by atoms with Crippen LogP contribution in [0.25, 0.3) is 0 Å². The zero-order chi connectivity index (χ0) is 9.10. The SMILES string of the molecule is O[C@H]1C=CO[C@@H](c2ccccc2)C1. The molecule has 13 heavy (non-hydrogen) atoms. The summed E-state index contributed by atoms with van der Waals surface area (Å²) < 4.78 is 5.39. The Balaban J connectivity index is 2.15. The number of benzene rings is 1. The molecule has 2 atom stereocenters. The summed E-state index contributed by atoms with van der Waals surface area (Å²) in [4.78, 5) is 0. The molecule has 0 aliphatic carbocycles. The van der Waals surface area contributed by atoms with Crippen LogP contribution < -0.4 is 0 Å². The Morgan fingerprint density at radius 3 is 2.69 bits per heavy atom. The van der Waals surface area contributed by atoms with Crippen LogP contribution in [0.1, 0.15) is 18.1 Å². The molecule has 1 aliphatic heterocycles. The second-order valence-corrected chi connectivity index (χ2v) is 3.17. The maximum atomic E-state index is 9.37. The molecule has 1 heterocycles. The van der Waals surface area contributed by atoms with Crippen molar-refractivity contribution in [3.63, 3.8) is 0 Å². The Morgan fingerprint density at radius 1 is 1.23 bits per heavy atom. The van der Waals surface area contributed by atoms with Crippen LogP contribution >= 0.6 is 0 Å². The topological polar surface area (TPSA) is 29.5 Å². The summed E-state index contributed by atoms with van der Waals surface area (Å²) in [5.41, 5.74) is 1.12. The average molecular weight is 176 g/mol. The van der Waals surface area contributed by atoms with Gasteiger partial charge < -0.3 is 9.84 Å². The van der Waals surface area contributed by atoms with Crippen LogP contribution in [0.3, 0.4) is 0 Å². The summed E-state index contributed by atoms with van der Waals surface area (Å²) in [6.07, 6.45) is 3.51. The Morgan fingerprint density at radius 2 is 2.00 bits per heavy atom. The molecule has 0 aromatic heterocycles. The fourth-order valence-corrected chi connectivity index (χ4v) is 1.47. The average Bonchev–Trinajstić information content (AvgIpc) is 2.19. The molecule has 1 N–H and O–H groups in total. The first-order valence-corrected chi connectivity index (χ1v) is 4.41. The van der Waals surface area contributed by atoms with Crippen LogP contribution in [0.2, 0.25) is 0 Å². The van der Waals surface area contributed by atoms with Crippen molar-refractivity contribution < 1.29 is 9.84 Å². The molecule has 0 saturated heterocycles. The molecule has 2 rings (SSSR count). The van der Waals surface area contributed by atoms with E-state index in [-0.39, 0.29) is 12.2 Å². The Bertz CT molecular complexity index is 292. The molecule has 0 radical (unpaired) electrons. The van der Waals surface area contributed by atoms with Gasteiger partial charge in [0.25, 0.3) is 0 Å². The molecular formula is C11H12O2. The largest absolute Gasteiger partial charge is 0.493 e. The Labute approximate surface area is 77.5 Å². The molecule has 1 aliphatic rings. The molecule has 0 amide bonds. The lowest BCUT2D eigenvalue weighted by Crippen LogP contribution is -2.15. The predicted molar refractivity (Wildman–Crippen MR) is 50.0 cm³/mol. The van der Waals surface area contributed by atoms with Crippen LogP contribution in [0.5, 0.6) is 0 Å². The molecule has 0 bridgehead atoms. The van der Waals surface area contributed by atoms with Gasteiger partial charge in [0.15, 0.2) is 0 Å². The van der Waals surface area contributed by atoms with E-state index in [1.807, 2.05) is 30.3 Å². The van der Waals surface area contributed by atoms with E-state index >= 15 is 0 Å². The highest BCUT2D eigenvalue weighted by atomic mass is 16.5. The molecule has 0 fully saturated rings. The van der Waals surface area contributed by atoms with Crippen molar-refractivity contribution in [1.82, 2.24) is 0 Å². The molecule has 1 aromatic carbocycles. The minimum atomic E-state index is -0.376. The van der Waals surface area contributed by atoms with E-state index in [0.29, 0.717) is 6.42 Å². The van der Waals surface area contributed by atoms with Crippen molar-refractivity contribution in [2.45, 2.75) is 18.6 Å². The van der Waals surface area contributed by atoms with E-state index in [1.54, 1.807) is 12.3 Å². The van der Waals surface area contributed by atoms with E-state index in [0.717, 1.165) is 5.56 Å². The number of aliphatic hydroxyl groups is 1. The molecule has 2 nitrogen and oxygen atoms in total. The van der Waals surface area contributed by atoms with Crippen molar-refractivity contribution >= 4 is 0 Å². The Hall–Kier alpha value is -1.28. The molecule has 0 unspecified atom stereocenters. The first-order valence-electron chi connectivity index (χ1n) is 4.41. The summed E-state index contributed by atoms with van der Waals surface area (Å²) in [5.74, 6) is 0. The van der Waals surface area contributed by atoms with Gasteiger partial charge >= 0.3 is 0 Å². The summed E-state index contributed by atoms with van der Waals surface area (Å²) in [7, 11) is 0. The molecular weight excluding hydrogens is 164 g/mol. The van der Waals surface area contributed by atoms with E-state index in [4.69, 9.17) is 4.74 Å². The van der Waals surface area contributed by atoms with E-state index in [2.05, 4.69) is 0 Å². The quantitative estimate of drug-likeness (QED) is 0.709. The maximum absolute atomic E-state index is 9.37. The normalized spacial score (nSPS) is 26.8. The Kier molecular flexibility index (Phi) is 2.32. The second-order valence-electron chi connectivity index (χ2n) is 3.17. The van der Waals surface area contributed by atoms with E-state index in [9.17, 15) is 5.11 Å². The minimum absolute atomic E-state index is 0.00111. The second kappa shape index (κ2) is 3.62. The highest BCUT2D eigenvalue weighted by Crippen LogP contribution is 2.26. The van der Waals surface area contributed by atoms with Gasteiger partial charge in [-0.05, 0) is 11.6 Å². The lowest BCUT2D eigenvalue weighted by molar-refractivity contribution is 0.0641. The van der Waals surface area contributed by atoms with Crippen LogP contribution in [-0.4, -0.2) is 11.2 Å². The van der Waals surface area contributed by atoms with E-state index < -0.39 is 0 Å². The lowest BCUT2D eigenvalue weighted by Gasteiger charge is -2.22. The number of hydrogen-bond donors (Lipinski definition) is 1. The van der Waals surface area contributed by atoms with Gasteiger partial charge in [0.05, 0.1) is 12.4 Å². The van der Waals surface area contributed by atoms with Crippen LogP contribution in [0.15, 0.2) is 42.7 Å². The van der Waals surface area contributed by atoms with Gasteiger partial charge in [0.1, 0.15) is 6.10 Å². The van der Waals surface area contributed by atoms with Crippen LogP contribution in [0.4, 0.5) is 0 Å². The fraction of sp³-hybridized carbons (Fsp3) is 0.273. The third-order valence-electron chi connectivity index (χ3n) is 2.17. The number of aliphatic hydroxyl groups excluding tert-OH is 1. The van der Waals surface area contributed by atoms with Gasteiger partial charge in [-0.1, -0.05) is 30.3 Å². The standard InChI is InChI=1S/C11H12O2/c12-10-6-7-13-11(8-10)9-4-2-1-3-5-9/h1-7,10-12H,8H2/t10-,11+/m0/s1. The van der Waals surface area contributed by atoms with Gasteiger partial charge in [-0.25, -0.2) is 0 Å². The smallest absolute Gasteiger partial charge is 0.126 e. The highest BCUT2D eigenvalue weighted by Gasteiger charge is 2.18. The van der Waals surface area contributed by atoms with Gasteiger partial charge in [0.2, 0.25) is 0 Å². The zero-order valence-electron chi connectivity index (χ0n) is 7.26. The lowest BCUT2D eigenvalue weighted by atomic mass is 10.0. The van der Waals surface area contributed by atoms with Crippen LogP contribution in [-0.2, 0) is 4.74 Å². The van der Waals surface area contributed by atoms with Crippen molar-refractivity contribution in [3.05, 3.63) is 48.2 Å². The fourth-order valence-electron chi connectivity index (χ4n) is 1.47. The third-order valence-corrected chi connectivity index (χ3v) is 2.17. The summed E-state index contributed by atoms with van der Waals surface area (Å²) in [6.45, 7) is 0. The number of ether oxygens (including phenoxy) is 1. The highest BCUT2D eigenvalue weighted by molar-refractivity contribution is 5.19. The first-order chi connectivity index (χ1) is 6.36. The molecule has 0 spiro atoms. The van der Waals surface area contributed by atoms with Gasteiger partial charge in [-0.3, -0.25) is 0 Å². The van der Waals surface area contributed by atoms with Gasteiger partial charge in [-0.15, -0.1) is 0 Å². The van der Waals surface area contributed by atoms with Crippen molar-refractivity contribution in [2.75, 3.05) is 0 Å². The first kappa shape index (κ1) is 8.32. The third kappa shape index (κ3) is 1.90. The van der Waals surface area contributed by atoms with Crippen LogP contribution in [0, 0.1) is 0 Å².